The van der Waals surface area contributed by atoms with Crippen LogP contribution < -0.4 is 5.32 Å². The SMILES string of the molecule is Cc1nc2ccc(C(=O)N3CCC[C@@](C)(C(=O)NC4CCCC4)C3)cc2[nH]1. The Morgan fingerprint density at radius 2 is 2.04 bits per heavy atom. The van der Waals surface area contributed by atoms with E-state index in [1.807, 2.05) is 36.9 Å². The smallest absolute Gasteiger partial charge is 0.253 e. The maximum atomic E-state index is 13.1. The van der Waals surface area contributed by atoms with Gasteiger partial charge in [0.15, 0.2) is 0 Å². The molecule has 0 unspecified atom stereocenters. The lowest BCUT2D eigenvalue weighted by molar-refractivity contribution is -0.133. The minimum absolute atomic E-state index is 0.0104. The van der Waals surface area contributed by atoms with Crippen LogP contribution in [-0.4, -0.2) is 45.8 Å². The van der Waals surface area contributed by atoms with Crippen LogP contribution in [0, 0.1) is 12.3 Å². The molecule has 2 heterocycles. The number of aromatic nitrogens is 2. The average molecular weight is 368 g/mol. The van der Waals surface area contributed by atoms with Gasteiger partial charge in [0.05, 0.1) is 16.4 Å². The van der Waals surface area contributed by atoms with Gasteiger partial charge in [-0.15, -0.1) is 0 Å². The molecule has 1 atom stereocenters. The van der Waals surface area contributed by atoms with Crippen molar-refractivity contribution in [1.82, 2.24) is 20.2 Å². The van der Waals surface area contributed by atoms with Crippen LogP contribution in [0.1, 0.15) is 61.6 Å². The summed E-state index contributed by atoms with van der Waals surface area (Å²) in [7, 11) is 0. The first-order chi connectivity index (χ1) is 12.9. The zero-order valence-corrected chi connectivity index (χ0v) is 16.2. The Hall–Kier alpha value is -2.37. The first-order valence-electron chi connectivity index (χ1n) is 10.0. The van der Waals surface area contributed by atoms with E-state index < -0.39 is 5.41 Å². The summed E-state index contributed by atoms with van der Waals surface area (Å²) in [4.78, 5) is 35.4. The van der Waals surface area contributed by atoms with E-state index >= 15 is 0 Å². The van der Waals surface area contributed by atoms with Crippen molar-refractivity contribution < 1.29 is 9.59 Å². The monoisotopic (exact) mass is 368 g/mol. The number of H-pyrrole nitrogens is 1. The number of aromatic amines is 1. The molecule has 6 nitrogen and oxygen atoms in total. The number of nitrogens with zero attached hydrogens (tertiary/aromatic N) is 2. The quantitative estimate of drug-likeness (QED) is 0.873. The van der Waals surface area contributed by atoms with Crippen molar-refractivity contribution in [2.75, 3.05) is 13.1 Å². The first kappa shape index (κ1) is 18.0. The number of hydrogen-bond acceptors (Lipinski definition) is 3. The molecule has 2 fully saturated rings. The van der Waals surface area contributed by atoms with E-state index in [0.29, 0.717) is 24.7 Å². The van der Waals surface area contributed by atoms with Crippen LogP contribution in [0.25, 0.3) is 11.0 Å². The Kier molecular flexibility index (Phi) is 4.66. The summed E-state index contributed by atoms with van der Waals surface area (Å²) in [6.07, 6.45) is 6.23. The third-order valence-electron chi connectivity index (χ3n) is 6.07. The fourth-order valence-corrected chi connectivity index (χ4v) is 4.48. The number of piperidine rings is 1. The topological polar surface area (TPSA) is 78.1 Å². The fraction of sp³-hybridized carbons (Fsp3) is 0.571. The van der Waals surface area contributed by atoms with Gasteiger partial charge in [0, 0.05) is 24.7 Å². The lowest BCUT2D eigenvalue weighted by Gasteiger charge is -2.40. The maximum Gasteiger partial charge on any atom is 0.253 e. The molecule has 1 saturated heterocycles. The second kappa shape index (κ2) is 6.98. The summed E-state index contributed by atoms with van der Waals surface area (Å²) in [5, 5.41) is 3.23. The van der Waals surface area contributed by atoms with Crippen molar-refractivity contribution in [2.24, 2.45) is 5.41 Å². The van der Waals surface area contributed by atoms with Crippen LogP contribution in [0.15, 0.2) is 18.2 Å². The van der Waals surface area contributed by atoms with Crippen LogP contribution in [-0.2, 0) is 4.79 Å². The Morgan fingerprint density at radius 3 is 2.81 bits per heavy atom. The van der Waals surface area contributed by atoms with Gasteiger partial charge in [0.1, 0.15) is 5.82 Å². The predicted molar refractivity (Wildman–Crippen MR) is 104 cm³/mol. The largest absolute Gasteiger partial charge is 0.353 e. The van der Waals surface area contributed by atoms with E-state index in [4.69, 9.17) is 0 Å². The van der Waals surface area contributed by atoms with E-state index in [2.05, 4.69) is 15.3 Å². The summed E-state index contributed by atoms with van der Waals surface area (Å²) in [5.41, 5.74) is 1.87. The number of carbonyl (C=O) groups excluding carboxylic acids is 2. The van der Waals surface area contributed by atoms with Gasteiger partial charge in [0.25, 0.3) is 5.91 Å². The van der Waals surface area contributed by atoms with Crippen molar-refractivity contribution >= 4 is 22.8 Å². The van der Waals surface area contributed by atoms with Gasteiger partial charge in [0.2, 0.25) is 5.91 Å². The summed E-state index contributed by atoms with van der Waals surface area (Å²) < 4.78 is 0. The average Bonchev–Trinajstić information content (AvgIpc) is 3.28. The van der Waals surface area contributed by atoms with E-state index in [0.717, 1.165) is 42.5 Å². The molecule has 0 radical (unpaired) electrons. The van der Waals surface area contributed by atoms with Crippen LogP contribution in [0.5, 0.6) is 0 Å². The molecule has 1 aliphatic heterocycles. The fourth-order valence-electron chi connectivity index (χ4n) is 4.48. The minimum atomic E-state index is -0.509. The van der Waals surface area contributed by atoms with Gasteiger partial charge in [-0.3, -0.25) is 9.59 Å². The van der Waals surface area contributed by atoms with E-state index in [9.17, 15) is 9.59 Å². The highest BCUT2D eigenvalue weighted by Crippen LogP contribution is 2.32. The standard InChI is InChI=1S/C21H28N4O2/c1-14-22-17-9-8-15(12-18(17)23-14)19(26)25-11-5-10-21(2,13-25)20(27)24-16-6-3-4-7-16/h8-9,12,16H,3-7,10-11,13H2,1-2H3,(H,22,23)(H,24,27)/t21-/m1/s1. The van der Waals surface area contributed by atoms with Crippen molar-refractivity contribution in [3.8, 4) is 0 Å². The van der Waals surface area contributed by atoms with E-state index in [-0.39, 0.29) is 11.8 Å². The Balaban J connectivity index is 1.48. The highest BCUT2D eigenvalue weighted by molar-refractivity contribution is 5.98. The molecule has 144 valence electrons. The summed E-state index contributed by atoms with van der Waals surface area (Å²) >= 11 is 0. The van der Waals surface area contributed by atoms with Gasteiger partial charge in [-0.2, -0.15) is 0 Å². The highest BCUT2D eigenvalue weighted by atomic mass is 16.2. The first-order valence-corrected chi connectivity index (χ1v) is 10.0. The summed E-state index contributed by atoms with van der Waals surface area (Å²) in [6.45, 7) is 5.08. The maximum absolute atomic E-state index is 13.1. The number of rotatable bonds is 3. The van der Waals surface area contributed by atoms with Crippen molar-refractivity contribution in [3.63, 3.8) is 0 Å². The summed E-state index contributed by atoms with van der Waals surface area (Å²) in [5.74, 6) is 0.930. The lowest BCUT2D eigenvalue weighted by Crippen LogP contribution is -2.53. The normalized spacial score (nSPS) is 23.7. The molecule has 4 rings (SSSR count). The Morgan fingerprint density at radius 1 is 1.26 bits per heavy atom. The number of imidazole rings is 1. The molecule has 27 heavy (non-hydrogen) atoms. The molecule has 2 aromatic rings. The van der Waals surface area contributed by atoms with Crippen molar-refractivity contribution in [1.29, 1.82) is 0 Å². The van der Waals surface area contributed by atoms with Crippen molar-refractivity contribution in [3.05, 3.63) is 29.6 Å². The highest BCUT2D eigenvalue weighted by Gasteiger charge is 2.40. The Labute approximate surface area is 159 Å². The molecule has 0 bridgehead atoms. The number of fused-ring (bicyclic) bond motifs is 1. The molecule has 2 N–H and O–H groups in total. The molecular weight excluding hydrogens is 340 g/mol. The molecule has 0 spiro atoms. The van der Waals surface area contributed by atoms with E-state index in [1.165, 1.54) is 12.8 Å². The van der Waals surface area contributed by atoms with Gasteiger partial charge < -0.3 is 15.2 Å². The number of hydrogen-bond donors (Lipinski definition) is 2. The number of aryl methyl sites for hydroxylation is 1. The van der Waals surface area contributed by atoms with Crippen LogP contribution >= 0.6 is 0 Å². The number of benzene rings is 1. The van der Waals surface area contributed by atoms with Gasteiger partial charge in [-0.25, -0.2) is 4.98 Å². The van der Waals surface area contributed by atoms with Crippen LogP contribution in [0.4, 0.5) is 0 Å². The third kappa shape index (κ3) is 3.57. The van der Waals surface area contributed by atoms with Crippen LogP contribution in [0.3, 0.4) is 0 Å². The summed E-state index contributed by atoms with van der Waals surface area (Å²) in [6, 6.07) is 5.88. The van der Waals surface area contributed by atoms with Gasteiger partial charge in [-0.05, 0) is 57.7 Å². The zero-order chi connectivity index (χ0) is 19.0. The Bertz CT molecular complexity index is 868. The second-order valence-corrected chi connectivity index (χ2v) is 8.40. The molecule has 1 aromatic carbocycles. The number of carbonyl (C=O) groups is 2. The number of likely N-dealkylation sites (tertiary alicyclic amines) is 1. The second-order valence-electron chi connectivity index (χ2n) is 8.40. The minimum Gasteiger partial charge on any atom is -0.353 e. The third-order valence-corrected chi connectivity index (χ3v) is 6.07. The molecular formula is C21H28N4O2. The molecule has 2 aliphatic rings. The molecule has 1 aromatic heterocycles. The van der Waals surface area contributed by atoms with E-state index in [1.54, 1.807) is 0 Å². The number of amides is 2. The lowest BCUT2D eigenvalue weighted by atomic mass is 9.80. The van der Waals surface area contributed by atoms with Crippen molar-refractivity contribution in [2.45, 2.75) is 58.4 Å². The molecule has 2 amide bonds. The predicted octanol–water partition coefficient (Wildman–Crippen LogP) is 3.17. The van der Waals surface area contributed by atoms with Gasteiger partial charge in [-0.1, -0.05) is 12.8 Å². The molecule has 1 saturated carbocycles. The van der Waals surface area contributed by atoms with Crippen LogP contribution in [0.2, 0.25) is 0 Å². The molecule has 6 heteroatoms. The molecule has 1 aliphatic carbocycles. The zero-order valence-electron chi connectivity index (χ0n) is 16.2. The number of nitrogens with one attached hydrogen (secondary N) is 2. The van der Waals surface area contributed by atoms with Gasteiger partial charge >= 0.3 is 0 Å².